The first kappa shape index (κ1) is 30.7. The number of carbonyl (C=O) groups is 1. The molecule has 1 saturated heterocycles. The van der Waals surface area contributed by atoms with Crippen LogP contribution in [0.15, 0.2) is 48.5 Å². The van der Waals surface area contributed by atoms with Crippen LogP contribution in [0.25, 0.3) is 0 Å². The molecule has 1 aliphatic heterocycles. The fraction of sp³-hybridized carbons (Fsp3) is 0.581. The zero-order chi connectivity index (χ0) is 28.8. The fourth-order valence-corrected chi connectivity index (χ4v) is 7.07. The Balaban J connectivity index is 1.52. The molecule has 9 heteroatoms. The second-order valence-corrected chi connectivity index (χ2v) is 14.0. The minimum Gasteiger partial charge on any atom is -0.390 e. The van der Waals surface area contributed by atoms with Crippen LogP contribution >= 0.6 is 10.8 Å². The highest BCUT2D eigenvalue weighted by molar-refractivity contribution is 8.25. The lowest BCUT2D eigenvalue weighted by Crippen LogP contribution is -2.50. The maximum absolute atomic E-state index is 13.7. The zero-order valence-corrected chi connectivity index (χ0v) is 25.1. The molecule has 0 bridgehead atoms. The Bertz CT molecular complexity index is 1110. The fourth-order valence-electron chi connectivity index (χ4n) is 5.40. The lowest BCUT2D eigenvalue weighted by molar-refractivity contribution is 0.0821. The van der Waals surface area contributed by atoms with E-state index in [0.717, 1.165) is 49.8 Å². The molecule has 2 fully saturated rings. The van der Waals surface area contributed by atoms with Crippen molar-refractivity contribution in [3.63, 3.8) is 0 Å². The molecule has 1 saturated carbocycles. The lowest BCUT2D eigenvalue weighted by Gasteiger charge is -2.47. The van der Waals surface area contributed by atoms with Gasteiger partial charge in [0.15, 0.2) is 0 Å². The SMILES string of the molecule is CCNc1cc(C(=O)N[C@@H](Cc2ccccc2)[C@@H](O)CNC2(CCC(C)C)CC2)cc(N2CCCCS2(O)O)c1. The van der Waals surface area contributed by atoms with Crippen molar-refractivity contribution >= 4 is 28.1 Å². The van der Waals surface area contributed by atoms with Crippen molar-refractivity contribution in [3.8, 4) is 0 Å². The molecule has 0 aromatic heterocycles. The van der Waals surface area contributed by atoms with Gasteiger partial charge in [-0.1, -0.05) is 44.2 Å². The van der Waals surface area contributed by atoms with Gasteiger partial charge in [-0.15, -0.1) is 10.8 Å². The van der Waals surface area contributed by atoms with Crippen LogP contribution in [-0.2, 0) is 6.42 Å². The van der Waals surface area contributed by atoms with Gasteiger partial charge >= 0.3 is 0 Å². The molecule has 0 spiro atoms. The molecule has 222 valence electrons. The van der Waals surface area contributed by atoms with E-state index in [4.69, 9.17) is 0 Å². The van der Waals surface area contributed by atoms with Crippen LogP contribution in [0, 0.1) is 5.92 Å². The molecule has 1 aliphatic carbocycles. The maximum atomic E-state index is 13.7. The third-order valence-electron chi connectivity index (χ3n) is 8.05. The summed E-state index contributed by atoms with van der Waals surface area (Å²) in [6.45, 7) is 8.06. The van der Waals surface area contributed by atoms with Crippen LogP contribution in [-0.4, -0.2) is 63.2 Å². The Morgan fingerprint density at radius 2 is 1.85 bits per heavy atom. The zero-order valence-electron chi connectivity index (χ0n) is 24.2. The van der Waals surface area contributed by atoms with E-state index in [0.29, 0.717) is 49.0 Å². The maximum Gasteiger partial charge on any atom is 0.251 e. The van der Waals surface area contributed by atoms with E-state index in [9.17, 15) is 19.0 Å². The van der Waals surface area contributed by atoms with E-state index in [1.54, 1.807) is 16.4 Å². The minimum atomic E-state index is -2.93. The Morgan fingerprint density at radius 1 is 1.10 bits per heavy atom. The third-order valence-corrected chi connectivity index (χ3v) is 9.99. The average Bonchev–Trinajstić information content (AvgIpc) is 3.70. The molecule has 2 aliphatic rings. The van der Waals surface area contributed by atoms with E-state index < -0.39 is 22.9 Å². The average molecular weight is 573 g/mol. The summed E-state index contributed by atoms with van der Waals surface area (Å²) < 4.78 is 23.1. The molecular weight excluding hydrogens is 524 g/mol. The molecule has 2 aromatic carbocycles. The van der Waals surface area contributed by atoms with Crippen LogP contribution in [0.1, 0.15) is 75.2 Å². The molecule has 8 nitrogen and oxygen atoms in total. The van der Waals surface area contributed by atoms with E-state index in [1.165, 1.54) is 0 Å². The summed E-state index contributed by atoms with van der Waals surface area (Å²) in [4.78, 5) is 13.7. The molecule has 6 N–H and O–H groups in total. The number of β-amino-alcohol motifs (C(OH)–C–C–N with tert-alkyl or cyclic N) is 1. The molecule has 1 amide bonds. The first-order valence-electron chi connectivity index (χ1n) is 14.8. The Labute approximate surface area is 241 Å². The number of aliphatic hydroxyl groups is 1. The van der Waals surface area contributed by atoms with Gasteiger partial charge in [-0.05, 0) is 81.5 Å². The van der Waals surface area contributed by atoms with Crippen molar-refractivity contribution in [2.75, 3.05) is 35.0 Å². The Hall–Kier alpha value is -2.30. The highest BCUT2D eigenvalue weighted by Gasteiger charge is 2.42. The standard InChI is InChI=1S/C31H48N4O4S/c1-4-32-26-19-25(20-27(21-26)35-16-8-9-17-40(35,38)39)30(37)34-28(18-24-10-6-5-7-11-24)29(36)22-33-31(14-15-31)13-12-23(2)3/h5-7,10-11,19-21,23,28-29,32-33,36,38-39H,4,8-9,12-18,22H2,1-3H3,(H,34,37)/t28-,29-/m0/s1. The normalized spacial score (nSPS) is 20.0. The van der Waals surface area contributed by atoms with Crippen LogP contribution in [0.2, 0.25) is 0 Å². The summed E-state index contributed by atoms with van der Waals surface area (Å²) in [6.07, 6.45) is 5.86. The number of benzene rings is 2. The Kier molecular flexibility index (Phi) is 10.4. The smallest absolute Gasteiger partial charge is 0.251 e. The summed E-state index contributed by atoms with van der Waals surface area (Å²) in [5.74, 6) is 0.678. The molecule has 0 radical (unpaired) electrons. The van der Waals surface area contributed by atoms with Crippen LogP contribution < -0.4 is 20.3 Å². The van der Waals surface area contributed by atoms with Gasteiger partial charge in [0.1, 0.15) is 0 Å². The summed E-state index contributed by atoms with van der Waals surface area (Å²) >= 11 is 0. The largest absolute Gasteiger partial charge is 0.390 e. The van der Waals surface area contributed by atoms with Crippen molar-refractivity contribution in [2.45, 2.75) is 83.4 Å². The molecule has 2 aromatic rings. The van der Waals surface area contributed by atoms with Gasteiger partial charge in [-0.3, -0.25) is 18.2 Å². The second kappa shape index (κ2) is 13.6. The number of hydrogen-bond acceptors (Lipinski definition) is 7. The first-order valence-corrected chi connectivity index (χ1v) is 16.5. The minimum absolute atomic E-state index is 0.111. The lowest BCUT2D eigenvalue weighted by atomic mass is 9.98. The van der Waals surface area contributed by atoms with Gasteiger partial charge in [-0.25, -0.2) is 0 Å². The monoisotopic (exact) mass is 572 g/mol. The molecule has 40 heavy (non-hydrogen) atoms. The van der Waals surface area contributed by atoms with Crippen molar-refractivity contribution in [1.29, 1.82) is 0 Å². The van der Waals surface area contributed by atoms with Crippen LogP contribution in [0.4, 0.5) is 11.4 Å². The molecule has 4 rings (SSSR count). The highest BCUT2D eigenvalue weighted by atomic mass is 32.3. The topological polar surface area (TPSA) is 117 Å². The predicted molar refractivity (Wildman–Crippen MR) is 166 cm³/mol. The van der Waals surface area contributed by atoms with E-state index in [2.05, 4.69) is 29.8 Å². The highest BCUT2D eigenvalue weighted by Crippen LogP contribution is 2.50. The number of amides is 1. The first-order chi connectivity index (χ1) is 19.1. The van der Waals surface area contributed by atoms with Crippen molar-refractivity contribution in [2.24, 2.45) is 5.92 Å². The van der Waals surface area contributed by atoms with E-state index in [-0.39, 0.29) is 11.4 Å². The van der Waals surface area contributed by atoms with Gasteiger partial charge in [0.2, 0.25) is 0 Å². The van der Waals surface area contributed by atoms with Crippen molar-refractivity contribution in [3.05, 3.63) is 59.7 Å². The number of nitrogens with zero attached hydrogens (tertiary/aromatic N) is 1. The molecule has 2 atom stereocenters. The van der Waals surface area contributed by atoms with Gasteiger partial charge in [0, 0.05) is 36.4 Å². The van der Waals surface area contributed by atoms with Crippen LogP contribution in [0.3, 0.4) is 0 Å². The molecule has 0 unspecified atom stereocenters. The van der Waals surface area contributed by atoms with E-state index in [1.807, 2.05) is 43.3 Å². The number of nitrogens with one attached hydrogen (secondary N) is 3. The van der Waals surface area contributed by atoms with Gasteiger partial charge < -0.3 is 21.1 Å². The van der Waals surface area contributed by atoms with Gasteiger partial charge in [-0.2, -0.15) is 0 Å². The molecular formula is C31H48N4O4S. The van der Waals surface area contributed by atoms with Crippen LogP contribution in [0.5, 0.6) is 0 Å². The number of rotatable bonds is 14. The Morgan fingerprint density at radius 3 is 2.50 bits per heavy atom. The number of aliphatic hydroxyl groups excluding tert-OH is 1. The van der Waals surface area contributed by atoms with Gasteiger partial charge in [0.05, 0.1) is 23.6 Å². The second-order valence-electron chi connectivity index (χ2n) is 11.9. The summed E-state index contributed by atoms with van der Waals surface area (Å²) in [7, 11) is -2.93. The van der Waals surface area contributed by atoms with Crippen molar-refractivity contribution < 1.29 is 19.0 Å². The van der Waals surface area contributed by atoms with E-state index >= 15 is 0 Å². The summed E-state index contributed by atoms with van der Waals surface area (Å²) in [6, 6.07) is 14.8. The summed E-state index contributed by atoms with van der Waals surface area (Å²) in [5.41, 5.74) is 2.93. The van der Waals surface area contributed by atoms with Gasteiger partial charge in [0.25, 0.3) is 5.91 Å². The molecule has 1 heterocycles. The van der Waals surface area contributed by atoms with Crippen molar-refractivity contribution in [1.82, 2.24) is 10.6 Å². The number of carbonyl (C=O) groups excluding carboxylic acids is 1. The third kappa shape index (κ3) is 8.36. The number of anilines is 2. The number of hydrogen-bond donors (Lipinski definition) is 6. The summed E-state index contributed by atoms with van der Waals surface area (Å²) in [5, 5.41) is 21.3. The quantitative estimate of drug-likeness (QED) is 0.173. The predicted octanol–water partition coefficient (Wildman–Crippen LogP) is 5.64.